The zero-order valence-corrected chi connectivity index (χ0v) is 13.0. The average molecular weight is 287 g/mol. The molecule has 3 nitrogen and oxygen atoms in total. The molecular formula is C18H25NO2. The second kappa shape index (κ2) is 6.08. The van der Waals surface area contributed by atoms with Crippen LogP contribution >= 0.6 is 0 Å². The number of carbonyl (C=O) groups is 1. The van der Waals surface area contributed by atoms with Crippen LogP contribution in [0.15, 0.2) is 24.3 Å². The maximum absolute atomic E-state index is 12.8. The third-order valence-electron chi connectivity index (χ3n) is 5.26. The van der Waals surface area contributed by atoms with Gasteiger partial charge in [0, 0.05) is 18.7 Å². The van der Waals surface area contributed by atoms with Gasteiger partial charge in [0.2, 0.25) is 5.91 Å². The summed E-state index contributed by atoms with van der Waals surface area (Å²) in [7, 11) is 1.67. The Balaban J connectivity index is 1.73. The summed E-state index contributed by atoms with van der Waals surface area (Å²) in [5, 5.41) is 0. The van der Waals surface area contributed by atoms with Crippen LogP contribution in [0.1, 0.15) is 44.1 Å². The normalized spacial score (nSPS) is 26.3. The number of amides is 1. The van der Waals surface area contributed by atoms with Gasteiger partial charge in [-0.05, 0) is 37.7 Å². The Morgan fingerprint density at radius 3 is 2.43 bits per heavy atom. The molecule has 1 saturated heterocycles. The molecule has 0 spiro atoms. The Bertz CT molecular complexity index is 500. The molecule has 1 aromatic rings. The van der Waals surface area contributed by atoms with Crippen LogP contribution in [0.3, 0.4) is 0 Å². The number of hydrogen-bond donors (Lipinski definition) is 0. The molecule has 1 amide bonds. The molecule has 0 radical (unpaired) electrons. The van der Waals surface area contributed by atoms with Gasteiger partial charge in [-0.3, -0.25) is 4.79 Å². The molecule has 114 valence electrons. The van der Waals surface area contributed by atoms with Crippen LogP contribution in [-0.2, 0) is 4.79 Å². The largest absolute Gasteiger partial charge is 0.496 e. The number of methoxy groups -OCH3 is 1. The van der Waals surface area contributed by atoms with Gasteiger partial charge in [0.1, 0.15) is 5.75 Å². The fraction of sp³-hybridized carbons (Fsp3) is 0.611. The zero-order chi connectivity index (χ0) is 14.8. The number of hydrogen-bond acceptors (Lipinski definition) is 2. The van der Waals surface area contributed by atoms with E-state index in [4.69, 9.17) is 4.74 Å². The van der Waals surface area contributed by atoms with Crippen LogP contribution in [0.2, 0.25) is 0 Å². The van der Waals surface area contributed by atoms with Gasteiger partial charge >= 0.3 is 0 Å². The lowest BCUT2D eigenvalue weighted by Crippen LogP contribution is -2.32. The smallest absolute Gasteiger partial charge is 0.229 e. The SMILES string of the molecule is COc1ccccc1[C@H](C)C(=O)N1CC2CCCCC2C1. The van der Waals surface area contributed by atoms with Gasteiger partial charge in [-0.2, -0.15) is 0 Å². The summed E-state index contributed by atoms with van der Waals surface area (Å²) in [6.07, 6.45) is 5.28. The van der Waals surface area contributed by atoms with Gasteiger partial charge in [0.05, 0.1) is 13.0 Å². The van der Waals surface area contributed by atoms with Gasteiger partial charge in [-0.1, -0.05) is 31.0 Å². The average Bonchev–Trinajstić information content (AvgIpc) is 2.97. The summed E-state index contributed by atoms with van der Waals surface area (Å²) in [6.45, 7) is 3.92. The van der Waals surface area contributed by atoms with E-state index in [0.29, 0.717) is 0 Å². The molecule has 3 heteroatoms. The van der Waals surface area contributed by atoms with Crippen molar-refractivity contribution in [1.82, 2.24) is 4.90 Å². The number of ether oxygens (including phenoxy) is 1. The molecule has 1 aliphatic heterocycles. The molecular weight excluding hydrogens is 262 g/mol. The second-order valence-electron chi connectivity index (χ2n) is 6.51. The molecule has 1 aliphatic carbocycles. The first-order valence-electron chi connectivity index (χ1n) is 8.12. The summed E-state index contributed by atoms with van der Waals surface area (Å²) in [5.74, 6) is 2.44. The Labute approximate surface area is 127 Å². The number of carbonyl (C=O) groups excluding carboxylic acids is 1. The predicted octanol–water partition coefficient (Wildman–Crippen LogP) is 3.45. The lowest BCUT2D eigenvalue weighted by Gasteiger charge is -2.22. The Morgan fingerprint density at radius 2 is 1.81 bits per heavy atom. The molecule has 0 aromatic heterocycles. The Hall–Kier alpha value is -1.51. The minimum absolute atomic E-state index is 0.124. The first-order valence-corrected chi connectivity index (χ1v) is 8.12. The fourth-order valence-corrected chi connectivity index (χ4v) is 4.02. The van der Waals surface area contributed by atoms with Crippen molar-refractivity contribution in [1.29, 1.82) is 0 Å². The van der Waals surface area contributed by atoms with Crippen molar-refractivity contribution in [3.05, 3.63) is 29.8 Å². The topological polar surface area (TPSA) is 29.5 Å². The fourth-order valence-electron chi connectivity index (χ4n) is 4.02. The zero-order valence-electron chi connectivity index (χ0n) is 13.0. The van der Waals surface area contributed by atoms with Crippen molar-refractivity contribution in [2.45, 2.75) is 38.5 Å². The third kappa shape index (κ3) is 2.78. The highest BCUT2D eigenvalue weighted by Gasteiger charge is 2.38. The van der Waals surface area contributed by atoms with Gasteiger partial charge < -0.3 is 9.64 Å². The van der Waals surface area contributed by atoms with E-state index in [1.54, 1.807) is 7.11 Å². The molecule has 1 saturated carbocycles. The van der Waals surface area contributed by atoms with Crippen LogP contribution in [0, 0.1) is 11.8 Å². The van der Waals surface area contributed by atoms with Crippen molar-refractivity contribution < 1.29 is 9.53 Å². The van der Waals surface area contributed by atoms with Crippen molar-refractivity contribution in [3.63, 3.8) is 0 Å². The highest BCUT2D eigenvalue weighted by Crippen LogP contribution is 2.37. The van der Waals surface area contributed by atoms with Crippen LogP contribution in [0.4, 0.5) is 0 Å². The predicted molar refractivity (Wildman–Crippen MR) is 83.4 cm³/mol. The molecule has 0 bridgehead atoms. The Kier molecular flexibility index (Phi) is 4.18. The summed E-state index contributed by atoms with van der Waals surface area (Å²) in [6, 6.07) is 7.86. The van der Waals surface area contributed by atoms with E-state index in [1.165, 1.54) is 25.7 Å². The first-order chi connectivity index (χ1) is 10.2. The molecule has 21 heavy (non-hydrogen) atoms. The number of fused-ring (bicyclic) bond motifs is 1. The number of rotatable bonds is 3. The third-order valence-corrected chi connectivity index (χ3v) is 5.26. The maximum Gasteiger partial charge on any atom is 0.229 e. The number of benzene rings is 1. The van der Waals surface area contributed by atoms with E-state index < -0.39 is 0 Å². The van der Waals surface area contributed by atoms with E-state index in [1.807, 2.05) is 31.2 Å². The molecule has 2 aliphatic rings. The van der Waals surface area contributed by atoms with Gasteiger partial charge in [-0.15, -0.1) is 0 Å². The number of likely N-dealkylation sites (tertiary alicyclic amines) is 1. The van der Waals surface area contributed by atoms with Gasteiger partial charge in [0.25, 0.3) is 0 Å². The van der Waals surface area contributed by atoms with Crippen molar-refractivity contribution in [2.75, 3.05) is 20.2 Å². The molecule has 2 unspecified atom stereocenters. The highest BCUT2D eigenvalue weighted by atomic mass is 16.5. The monoisotopic (exact) mass is 287 g/mol. The van der Waals surface area contributed by atoms with E-state index in [9.17, 15) is 4.79 Å². The second-order valence-corrected chi connectivity index (χ2v) is 6.51. The van der Waals surface area contributed by atoms with Crippen LogP contribution < -0.4 is 4.74 Å². The quantitative estimate of drug-likeness (QED) is 0.852. The van der Waals surface area contributed by atoms with Crippen molar-refractivity contribution in [3.8, 4) is 5.75 Å². The van der Waals surface area contributed by atoms with Crippen LogP contribution in [-0.4, -0.2) is 31.0 Å². The molecule has 2 fully saturated rings. The van der Waals surface area contributed by atoms with Crippen molar-refractivity contribution in [2.24, 2.45) is 11.8 Å². The van der Waals surface area contributed by atoms with E-state index >= 15 is 0 Å². The van der Waals surface area contributed by atoms with E-state index in [0.717, 1.165) is 36.2 Å². The van der Waals surface area contributed by atoms with Crippen LogP contribution in [0.5, 0.6) is 5.75 Å². The Morgan fingerprint density at radius 1 is 1.19 bits per heavy atom. The first kappa shape index (κ1) is 14.4. The maximum atomic E-state index is 12.8. The minimum atomic E-state index is -0.124. The van der Waals surface area contributed by atoms with Gasteiger partial charge in [0.15, 0.2) is 0 Å². The highest BCUT2D eigenvalue weighted by molar-refractivity contribution is 5.84. The summed E-state index contributed by atoms with van der Waals surface area (Å²) in [5.41, 5.74) is 1.000. The molecule has 0 N–H and O–H groups in total. The standard InChI is InChI=1S/C18H25NO2/c1-13(16-9-5-6-10-17(16)21-2)18(20)19-11-14-7-3-4-8-15(14)12-19/h5-6,9-10,13-15H,3-4,7-8,11-12H2,1-2H3/t13-,14?,15?/m0/s1. The number of nitrogens with zero attached hydrogens (tertiary/aromatic N) is 1. The van der Waals surface area contributed by atoms with Crippen molar-refractivity contribution >= 4 is 5.91 Å². The minimum Gasteiger partial charge on any atom is -0.496 e. The summed E-state index contributed by atoms with van der Waals surface area (Å²) in [4.78, 5) is 14.9. The van der Waals surface area contributed by atoms with E-state index in [2.05, 4.69) is 4.90 Å². The summed E-state index contributed by atoms with van der Waals surface area (Å²) < 4.78 is 5.40. The number of para-hydroxylation sites is 1. The molecule has 1 heterocycles. The molecule has 1 aromatic carbocycles. The molecule has 3 atom stereocenters. The van der Waals surface area contributed by atoms with E-state index in [-0.39, 0.29) is 11.8 Å². The van der Waals surface area contributed by atoms with Crippen LogP contribution in [0.25, 0.3) is 0 Å². The van der Waals surface area contributed by atoms with Gasteiger partial charge in [-0.25, -0.2) is 0 Å². The lowest BCUT2D eigenvalue weighted by atomic mass is 9.82. The summed E-state index contributed by atoms with van der Waals surface area (Å²) >= 11 is 0. The lowest BCUT2D eigenvalue weighted by molar-refractivity contribution is -0.131. The molecule has 3 rings (SSSR count).